The molecule has 5 nitrogen and oxygen atoms in total. The van der Waals surface area contributed by atoms with Gasteiger partial charge in [-0.1, -0.05) is 42.1 Å². The van der Waals surface area contributed by atoms with E-state index in [0.717, 1.165) is 29.2 Å². The Morgan fingerprint density at radius 3 is 2.46 bits per heavy atom. The molecule has 1 amide bonds. The number of aromatic nitrogens is 3. The van der Waals surface area contributed by atoms with Crippen LogP contribution in [0.3, 0.4) is 0 Å². The lowest BCUT2D eigenvalue weighted by Gasteiger charge is -2.17. The van der Waals surface area contributed by atoms with Crippen LogP contribution < -0.4 is 5.32 Å². The number of rotatable bonds is 7. The summed E-state index contributed by atoms with van der Waals surface area (Å²) >= 11 is 0.949. The van der Waals surface area contributed by atoms with Crippen molar-refractivity contribution in [2.24, 2.45) is 7.05 Å². The zero-order valence-corrected chi connectivity index (χ0v) is 15.6. The first-order valence-corrected chi connectivity index (χ1v) is 9.04. The van der Waals surface area contributed by atoms with Crippen LogP contribution in [0.15, 0.2) is 35.5 Å². The zero-order valence-electron chi connectivity index (χ0n) is 14.7. The van der Waals surface area contributed by atoms with E-state index in [0.29, 0.717) is 0 Å². The van der Waals surface area contributed by atoms with Gasteiger partial charge < -0.3 is 9.88 Å². The normalized spacial score (nSPS) is 14.1. The molecule has 1 aromatic carbocycles. The second-order valence-corrected chi connectivity index (χ2v) is 7.36. The molecule has 0 spiro atoms. The minimum atomic E-state index is -4.57. The standard InChI is InChI=1S/C17H21F3N4OS/c1-11(9-10-13-7-5-4-6-8-13)21-14(25)12(2)26-16-23-22-15(24(16)3)17(18,19)20/h4-8,11-12H,9-10H2,1-3H3,(H,21,25)/t11-,12-/m1/s1. The van der Waals surface area contributed by atoms with Gasteiger partial charge in [0.25, 0.3) is 0 Å². The van der Waals surface area contributed by atoms with Gasteiger partial charge in [0, 0.05) is 13.1 Å². The lowest BCUT2D eigenvalue weighted by molar-refractivity contribution is -0.147. The van der Waals surface area contributed by atoms with Crippen LogP contribution in [0, 0.1) is 0 Å². The van der Waals surface area contributed by atoms with Crippen molar-refractivity contribution in [2.45, 2.75) is 49.3 Å². The molecule has 1 heterocycles. The Bertz CT molecular complexity index is 733. The van der Waals surface area contributed by atoms with Gasteiger partial charge in [0.05, 0.1) is 5.25 Å². The lowest BCUT2D eigenvalue weighted by Crippen LogP contribution is -2.38. The summed E-state index contributed by atoms with van der Waals surface area (Å²) in [6.07, 6.45) is -2.96. The molecule has 142 valence electrons. The molecule has 0 saturated heterocycles. The predicted octanol–water partition coefficient (Wildman–Crippen LogP) is 3.45. The van der Waals surface area contributed by atoms with Crippen LogP contribution in [-0.2, 0) is 24.4 Å². The number of amides is 1. The maximum atomic E-state index is 12.7. The summed E-state index contributed by atoms with van der Waals surface area (Å²) in [5, 5.41) is 9.05. The summed E-state index contributed by atoms with van der Waals surface area (Å²) in [7, 11) is 1.23. The summed E-state index contributed by atoms with van der Waals surface area (Å²) in [6.45, 7) is 3.54. The van der Waals surface area contributed by atoms with E-state index in [9.17, 15) is 18.0 Å². The second-order valence-electron chi connectivity index (χ2n) is 6.06. The van der Waals surface area contributed by atoms with Crippen LogP contribution in [0.2, 0.25) is 0 Å². The van der Waals surface area contributed by atoms with Crippen molar-refractivity contribution < 1.29 is 18.0 Å². The minimum Gasteiger partial charge on any atom is -0.353 e. The van der Waals surface area contributed by atoms with Crippen LogP contribution in [0.4, 0.5) is 13.2 Å². The highest BCUT2D eigenvalue weighted by atomic mass is 32.2. The molecule has 1 aromatic heterocycles. The summed E-state index contributed by atoms with van der Waals surface area (Å²) in [5.41, 5.74) is 1.19. The Labute approximate surface area is 154 Å². The van der Waals surface area contributed by atoms with Crippen LogP contribution >= 0.6 is 11.8 Å². The first-order valence-electron chi connectivity index (χ1n) is 8.16. The number of nitrogens with one attached hydrogen (secondary N) is 1. The highest BCUT2D eigenvalue weighted by Gasteiger charge is 2.37. The Morgan fingerprint density at radius 1 is 1.23 bits per heavy atom. The summed E-state index contributed by atoms with van der Waals surface area (Å²) in [5.74, 6) is -1.32. The maximum Gasteiger partial charge on any atom is 0.451 e. The summed E-state index contributed by atoms with van der Waals surface area (Å²) in [6, 6.07) is 9.89. The monoisotopic (exact) mass is 386 g/mol. The van der Waals surface area contributed by atoms with Crippen molar-refractivity contribution in [1.29, 1.82) is 0 Å². The molecule has 0 aliphatic rings. The molecule has 0 radical (unpaired) electrons. The van der Waals surface area contributed by atoms with Gasteiger partial charge in [-0.3, -0.25) is 4.79 Å². The predicted molar refractivity (Wildman–Crippen MR) is 93.7 cm³/mol. The van der Waals surface area contributed by atoms with Crippen molar-refractivity contribution in [2.75, 3.05) is 0 Å². The first kappa shape index (κ1) is 20.3. The number of aryl methyl sites for hydroxylation is 1. The fourth-order valence-corrected chi connectivity index (χ4v) is 3.16. The number of thioether (sulfide) groups is 1. The first-order chi connectivity index (χ1) is 12.2. The molecule has 0 fully saturated rings. The third-order valence-corrected chi connectivity index (χ3v) is 4.97. The quantitative estimate of drug-likeness (QED) is 0.741. The number of benzene rings is 1. The van der Waals surface area contributed by atoms with Crippen LogP contribution in [-0.4, -0.2) is 32.0 Å². The Hall–Kier alpha value is -2.03. The third kappa shape index (κ3) is 5.48. The fourth-order valence-electron chi connectivity index (χ4n) is 2.34. The van der Waals surface area contributed by atoms with Gasteiger partial charge in [0.15, 0.2) is 5.16 Å². The smallest absolute Gasteiger partial charge is 0.353 e. The largest absolute Gasteiger partial charge is 0.451 e. The number of carbonyl (C=O) groups excluding carboxylic acids is 1. The van der Waals surface area contributed by atoms with Gasteiger partial charge >= 0.3 is 6.18 Å². The van der Waals surface area contributed by atoms with Gasteiger partial charge in [-0.05, 0) is 32.3 Å². The molecule has 2 aromatic rings. The molecular formula is C17H21F3N4OS. The third-order valence-electron chi connectivity index (χ3n) is 3.84. The molecule has 0 unspecified atom stereocenters. The number of hydrogen-bond donors (Lipinski definition) is 1. The van der Waals surface area contributed by atoms with E-state index in [1.165, 1.54) is 12.6 Å². The van der Waals surface area contributed by atoms with Gasteiger partial charge in [0.1, 0.15) is 0 Å². The van der Waals surface area contributed by atoms with Crippen LogP contribution in [0.1, 0.15) is 31.7 Å². The van der Waals surface area contributed by atoms with Gasteiger partial charge in [-0.25, -0.2) is 0 Å². The van der Waals surface area contributed by atoms with E-state index in [1.54, 1.807) is 6.92 Å². The number of nitrogens with zero attached hydrogens (tertiary/aromatic N) is 3. The molecule has 2 rings (SSSR count). The topological polar surface area (TPSA) is 59.8 Å². The molecule has 0 saturated carbocycles. The molecule has 0 aliphatic carbocycles. The average molecular weight is 386 g/mol. The average Bonchev–Trinajstić information content (AvgIpc) is 2.94. The van der Waals surface area contributed by atoms with E-state index in [1.807, 2.05) is 37.3 Å². The second kappa shape index (κ2) is 8.57. The number of carbonyl (C=O) groups is 1. The van der Waals surface area contributed by atoms with Gasteiger partial charge in [-0.2, -0.15) is 13.2 Å². The molecular weight excluding hydrogens is 365 g/mol. The van der Waals surface area contributed by atoms with Crippen molar-refractivity contribution in [3.05, 3.63) is 41.7 Å². The van der Waals surface area contributed by atoms with Gasteiger partial charge in [0.2, 0.25) is 11.7 Å². The van der Waals surface area contributed by atoms with E-state index in [-0.39, 0.29) is 17.1 Å². The summed E-state index contributed by atoms with van der Waals surface area (Å²) < 4.78 is 39.1. The molecule has 26 heavy (non-hydrogen) atoms. The molecule has 0 bridgehead atoms. The number of hydrogen-bond acceptors (Lipinski definition) is 4. The highest BCUT2D eigenvalue weighted by molar-refractivity contribution is 8.00. The van der Waals surface area contributed by atoms with Crippen molar-refractivity contribution >= 4 is 17.7 Å². The van der Waals surface area contributed by atoms with Crippen LogP contribution in [0.5, 0.6) is 0 Å². The molecule has 0 aliphatic heterocycles. The van der Waals surface area contributed by atoms with Crippen molar-refractivity contribution in [3.8, 4) is 0 Å². The zero-order chi connectivity index (χ0) is 19.3. The maximum absolute atomic E-state index is 12.7. The number of halogens is 3. The Kier molecular flexibility index (Phi) is 6.69. The highest BCUT2D eigenvalue weighted by Crippen LogP contribution is 2.30. The van der Waals surface area contributed by atoms with Crippen LogP contribution in [0.25, 0.3) is 0 Å². The molecule has 9 heteroatoms. The molecule has 2 atom stereocenters. The minimum absolute atomic E-state index is 0.0454. The Balaban J connectivity index is 1.86. The van der Waals surface area contributed by atoms with E-state index in [2.05, 4.69) is 15.5 Å². The fraction of sp³-hybridized carbons (Fsp3) is 0.471. The van der Waals surface area contributed by atoms with Gasteiger partial charge in [-0.15, -0.1) is 10.2 Å². The van der Waals surface area contributed by atoms with Crippen molar-refractivity contribution in [1.82, 2.24) is 20.1 Å². The van der Waals surface area contributed by atoms with Crippen molar-refractivity contribution in [3.63, 3.8) is 0 Å². The van der Waals surface area contributed by atoms with E-state index < -0.39 is 17.3 Å². The van der Waals surface area contributed by atoms with E-state index >= 15 is 0 Å². The summed E-state index contributed by atoms with van der Waals surface area (Å²) in [4.78, 5) is 12.3. The number of alkyl halides is 3. The van der Waals surface area contributed by atoms with E-state index in [4.69, 9.17) is 0 Å². The lowest BCUT2D eigenvalue weighted by atomic mass is 10.1. The molecule has 1 N–H and O–H groups in total. The SMILES string of the molecule is C[C@H](CCc1ccccc1)NC(=O)[C@@H](C)Sc1nnc(C(F)(F)F)n1C. The Morgan fingerprint density at radius 2 is 1.88 bits per heavy atom.